The highest BCUT2D eigenvalue weighted by atomic mass is 15.1. The van der Waals surface area contributed by atoms with Crippen LogP contribution in [0.15, 0.2) is 24.5 Å². The molecule has 1 unspecified atom stereocenters. The fourth-order valence-electron chi connectivity index (χ4n) is 3.08. The number of hydrogen-bond donors (Lipinski definition) is 1. The molecule has 2 aliphatic rings. The average Bonchev–Trinajstić information content (AvgIpc) is 3.19. The van der Waals surface area contributed by atoms with Crippen LogP contribution in [0.2, 0.25) is 0 Å². The minimum absolute atomic E-state index is 0.675. The molecule has 4 rings (SSSR count). The zero-order chi connectivity index (χ0) is 11.9. The molecule has 0 amide bonds. The monoisotopic (exact) mass is 241 g/mol. The van der Waals surface area contributed by atoms with Gasteiger partial charge in [-0.25, -0.2) is 4.98 Å². The minimum Gasteiger partial charge on any atom is -0.327 e. The van der Waals surface area contributed by atoms with Crippen LogP contribution in [0, 0.1) is 0 Å². The summed E-state index contributed by atoms with van der Waals surface area (Å²) in [4.78, 5) is 4.58. The van der Waals surface area contributed by atoms with Crippen molar-refractivity contribution in [2.24, 2.45) is 0 Å². The number of imidazole rings is 1. The van der Waals surface area contributed by atoms with Crippen molar-refractivity contribution in [3.8, 4) is 0 Å². The van der Waals surface area contributed by atoms with Gasteiger partial charge >= 0.3 is 0 Å². The normalized spacial score (nSPS) is 24.6. The molecule has 1 saturated heterocycles. The lowest BCUT2D eigenvalue weighted by atomic mass is 9.91. The molecular formula is C15H19N3. The highest BCUT2D eigenvalue weighted by molar-refractivity contribution is 5.76. The number of nitrogens with one attached hydrogen (secondary N) is 1. The van der Waals surface area contributed by atoms with Crippen LogP contribution >= 0.6 is 0 Å². The van der Waals surface area contributed by atoms with E-state index in [9.17, 15) is 0 Å². The van der Waals surface area contributed by atoms with E-state index in [1.807, 2.05) is 6.33 Å². The fourth-order valence-corrected chi connectivity index (χ4v) is 3.08. The summed E-state index contributed by atoms with van der Waals surface area (Å²) in [7, 11) is 0. The molecule has 3 nitrogen and oxygen atoms in total. The third kappa shape index (κ3) is 1.74. The first kappa shape index (κ1) is 10.6. The van der Waals surface area contributed by atoms with Crippen molar-refractivity contribution in [2.45, 2.75) is 37.6 Å². The van der Waals surface area contributed by atoms with Gasteiger partial charge in [0.15, 0.2) is 0 Å². The van der Waals surface area contributed by atoms with Gasteiger partial charge in [0.2, 0.25) is 0 Å². The molecule has 18 heavy (non-hydrogen) atoms. The summed E-state index contributed by atoms with van der Waals surface area (Å²) in [5.74, 6) is 0.675. The Morgan fingerprint density at radius 3 is 2.94 bits per heavy atom. The van der Waals surface area contributed by atoms with Gasteiger partial charge in [-0.05, 0) is 55.8 Å². The summed E-state index contributed by atoms with van der Waals surface area (Å²) >= 11 is 0. The average molecular weight is 241 g/mol. The van der Waals surface area contributed by atoms with E-state index in [0.717, 1.165) is 12.6 Å². The Hall–Kier alpha value is -1.35. The Kier molecular flexibility index (Phi) is 2.40. The topological polar surface area (TPSA) is 29.9 Å². The summed E-state index contributed by atoms with van der Waals surface area (Å²) in [5, 5.41) is 3.49. The standard InChI is InChI=1S/C15H19N3/c1-2-12(9-16-7-1)11-3-6-15-14(8-11)17-10-18(15)13-4-5-13/h3,6,8,10,12-13,16H,1-2,4-5,7,9H2. The number of aromatic nitrogens is 2. The number of piperidine rings is 1. The van der Waals surface area contributed by atoms with Gasteiger partial charge in [0.1, 0.15) is 0 Å². The zero-order valence-electron chi connectivity index (χ0n) is 10.6. The summed E-state index contributed by atoms with van der Waals surface area (Å²) in [5.41, 5.74) is 3.94. The molecule has 94 valence electrons. The molecule has 1 aliphatic heterocycles. The highest BCUT2D eigenvalue weighted by Gasteiger charge is 2.25. The summed E-state index contributed by atoms with van der Waals surface area (Å²) in [6.07, 6.45) is 7.26. The van der Waals surface area contributed by atoms with E-state index in [-0.39, 0.29) is 0 Å². The lowest BCUT2D eigenvalue weighted by Crippen LogP contribution is -2.28. The number of nitrogens with zero attached hydrogens (tertiary/aromatic N) is 2. The van der Waals surface area contributed by atoms with Crippen molar-refractivity contribution in [1.82, 2.24) is 14.9 Å². The van der Waals surface area contributed by atoms with Crippen molar-refractivity contribution < 1.29 is 0 Å². The second-order valence-corrected chi connectivity index (χ2v) is 5.67. The minimum atomic E-state index is 0.675. The highest BCUT2D eigenvalue weighted by Crippen LogP contribution is 2.37. The third-order valence-corrected chi connectivity index (χ3v) is 4.31. The van der Waals surface area contributed by atoms with E-state index in [4.69, 9.17) is 0 Å². The predicted molar refractivity (Wildman–Crippen MR) is 72.8 cm³/mol. The second-order valence-electron chi connectivity index (χ2n) is 5.67. The van der Waals surface area contributed by atoms with Gasteiger partial charge in [-0.15, -0.1) is 0 Å². The van der Waals surface area contributed by atoms with Crippen LogP contribution in [0.5, 0.6) is 0 Å². The van der Waals surface area contributed by atoms with E-state index in [0.29, 0.717) is 5.92 Å². The smallest absolute Gasteiger partial charge is 0.0960 e. The van der Waals surface area contributed by atoms with Crippen molar-refractivity contribution in [3.63, 3.8) is 0 Å². The van der Waals surface area contributed by atoms with E-state index < -0.39 is 0 Å². The van der Waals surface area contributed by atoms with E-state index in [1.165, 1.54) is 48.8 Å². The first-order valence-corrected chi connectivity index (χ1v) is 7.09. The molecule has 1 N–H and O–H groups in total. The van der Waals surface area contributed by atoms with Gasteiger partial charge in [-0.2, -0.15) is 0 Å². The number of rotatable bonds is 2. The van der Waals surface area contributed by atoms with Crippen LogP contribution in [-0.2, 0) is 0 Å². The molecule has 2 aromatic rings. The van der Waals surface area contributed by atoms with Crippen LogP contribution in [0.4, 0.5) is 0 Å². The Morgan fingerprint density at radius 2 is 2.17 bits per heavy atom. The molecule has 1 atom stereocenters. The van der Waals surface area contributed by atoms with Crippen molar-refractivity contribution in [1.29, 1.82) is 0 Å². The van der Waals surface area contributed by atoms with E-state index >= 15 is 0 Å². The largest absolute Gasteiger partial charge is 0.327 e. The van der Waals surface area contributed by atoms with E-state index in [2.05, 4.69) is 33.1 Å². The molecule has 1 aromatic heterocycles. The number of fused-ring (bicyclic) bond motifs is 1. The molecule has 0 radical (unpaired) electrons. The summed E-state index contributed by atoms with van der Waals surface area (Å²) in [6.45, 7) is 2.30. The van der Waals surface area contributed by atoms with Crippen LogP contribution < -0.4 is 5.32 Å². The van der Waals surface area contributed by atoms with Gasteiger partial charge in [0.25, 0.3) is 0 Å². The van der Waals surface area contributed by atoms with E-state index in [1.54, 1.807) is 0 Å². The molecule has 2 fully saturated rings. The quantitative estimate of drug-likeness (QED) is 0.876. The number of hydrogen-bond acceptors (Lipinski definition) is 2. The van der Waals surface area contributed by atoms with Gasteiger partial charge in [0.05, 0.1) is 17.4 Å². The Balaban J connectivity index is 1.70. The molecular weight excluding hydrogens is 222 g/mol. The van der Waals surface area contributed by atoms with Crippen molar-refractivity contribution >= 4 is 11.0 Å². The van der Waals surface area contributed by atoms with Crippen LogP contribution in [0.3, 0.4) is 0 Å². The first-order valence-electron chi connectivity index (χ1n) is 7.09. The summed E-state index contributed by atoms with van der Waals surface area (Å²) in [6, 6.07) is 7.59. The second kappa shape index (κ2) is 4.09. The molecule has 0 spiro atoms. The fraction of sp³-hybridized carbons (Fsp3) is 0.533. The Labute approximate surface area is 107 Å². The van der Waals surface area contributed by atoms with Gasteiger partial charge in [0, 0.05) is 12.6 Å². The van der Waals surface area contributed by atoms with Gasteiger partial charge in [-0.3, -0.25) is 0 Å². The molecule has 1 aromatic carbocycles. The Morgan fingerprint density at radius 1 is 1.22 bits per heavy atom. The maximum Gasteiger partial charge on any atom is 0.0960 e. The van der Waals surface area contributed by atoms with Crippen molar-refractivity contribution in [2.75, 3.05) is 13.1 Å². The summed E-state index contributed by atoms with van der Waals surface area (Å²) < 4.78 is 2.35. The molecule has 0 bridgehead atoms. The lowest BCUT2D eigenvalue weighted by Gasteiger charge is -2.23. The zero-order valence-corrected chi connectivity index (χ0v) is 10.6. The maximum absolute atomic E-state index is 4.58. The van der Waals surface area contributed by atoms with Crippen LogP contribution in [0.1, 0.15) is 43.2 Å². The van der Waals surface area contributed by atoms with Crippen molar-refractivity contribution in [3.05, 3.63) is 30.1 Å². The molecule has 1 saturated carbocycles. The maximum atomic E-state index is 4.58. The molecule has 2 heterocycles. The predicted octanol–water partition coefficient (Wildman–Crippen LogP) is 2.84. The first-order chi connectivity index (χ1) is 8.92. The lowest BCUT2D eigenvalue weighted by molar-refractivity contribution is 0.462. The van der Waals surface area contributed by atoms with Crippen LogP contribution in [0.25, 0.3) is 11.0 Å². The van der Waals surface area contributed by atoms with Crippen LogP contribution in [-0.4, -0.2) is 22.6 Å². The van der Waals surface area contributed by atoms with Gasteiger partial charge in [-0.1, -0.05) is 6.07 Å². The molecule has 3 heteroatoms. The SMILES string of the molecule is c1cc2c(cc1C1CCCNC1)ncn2C1CC1. The van der Waals surface area contributed by atoms with Gasteiger partial charge < -0.3 is 9.88 Å². The number of benzene rings is 1. The Bertz CT molecular complexity index is 562. The third-order valence-electron chi connectivity index (χ3n) is 4.31. The molecule has 1 aliphatic carbocycles.